The molecule has 2 nitrogen and oxygen atoms in total. The van der Waals surface area contributed by atoms with E-state index in [0.717, 1.165) is 16.5 Å². The van der Waals surface area contributed by atoms with E-state index in [2.05, 4.69) is 4.98 Å². The van der Waals surface area contributed by atoms with Crippen LogP contribution in [0.3, 0.4) is 0 Å². The van der Waals surface area contributed by atoms with E-state index in [1.165, 1.54) is 6.08 Å². The first-order valence-electron chi connectivity index (χ1n) is 7.90. The zero-order valence-electron chi connectivity index (χ0n) is 13.8. The van der Waals surface area contributed by atoms with Crippen LogP contribution < -0.4 is 0 Å². The van der Waals surface area contributed by atoms with Crippen LogP contribution in [0.4, 0.5) is 0 Å². The minimum atomic E-state index is -0.0424. The molecule has 128 valence electrons. The summed E-state index contributed by atoms with van der Waals surface area (Å²) >= 11 is 6.14. The molecule has 2 saturated carbocycles. The quantitative estimate of drug-likeness (QED) is 0.416. The molecule has 1 aromatic heterocycles. The van der Waals surface area contributed by atoms with Crippen LogP contribution in [0.1, 0.15) is 5.56 Å². The van der Waals surface area contributed by atoms with Gasteiger partial charge in [-0.3, -0.25) is 4.79 Å². The Morgan fingerprint density at radius 3 is 2.19 bits per heavy atom. The van der Waals surface area contributed by atoms with Crippen molar-refractivity contribution in [2.24, 2.45) is 0 Å². The van der Waals surface area contributed by atoms with Gasteiger partial charge in [0.05, 0.1) is 11.4 Å². The van der Waals surface area contributed by atoms with E-state index in [1.807, 2.05) is 75.3 Å². The molecule has 2 aromatic rings. The van der Waals surface area contributed by atoms with Crippen LogP contribution in [0.15, 0.2) is 36.4 Å². The van der Waals surface area contributed by atoms with Crippen LogP contribution in [-0.4, -0.2) is 10.8 Å². The number of allylic oxidation sites excluding steroid dienone is 1. The summed E-state index contributed by atoms with van der Waals surface area (Å²) in [5.74, 6) is 0.630. The number of hydrogen-bond donors (Lipinski definition) is 0. The van der Waals surface area contributed by atoms with E-state index < -0.39 is 0 Å². The Kier molecular flexibility index (Phi) is 8.84. The van der Waals surface area contributed by atoms with Crippen molar-refractivity contribution in [2.45, 2.75) is 0 Å². The fourth-order valence-electron chi connectivity index (χ4n) is 2.35. The zero-order valence-corrected chi connectivity index (χ0v) is 15.7. The summed E-state index contributed by atoms with van der Waals surface area (Å²) in [4.78, 5) is 16.2. The maximum Gasteiger partial charge on any atom is 2.00 e. The average Bonchev–Trinajstić information content (AvgIpc) is 3.35. The number of carbonyl (C=O) groups is 1. The van der Waals surface area contributed by atoms with Crippen molar-refractivity contribution in [3.05, 3.63) is 111 Å². The predicted octanol–water partition coefficient (Wildman–Crippen LogP) is 4.89. The Morgan fingerprint density at radius 1 is 0.923 bits per heavy atom. The SMILES string of the molecule is O=C(/C=C/c1cc2ccccc2nc1Cl)[C]1[CH][CH][CH][CH]1.[CH]1[CH][CH][CH][CH]1.[Fe+2]. The number of pyridine rings is 1. The van der Waals surface area contributed by atoms with Crippen LogP contribution >= 0.6 is 11.6 Å². The topological polar surface area (TPSA) is 30.0 Å². The Bertz CT molecular complexity index is 741. The van der Waals surface area contributed by atoms with Crippen molar-refractivity contribution < 1.29 is 21.9 Å². The molecular formula is C22H16ClFeNO+2. The number of hydrogen-bond acceptors (Lipinski definition) is 2. The van der Waals surface area contributed by atoms with Gasteiger partial charge in [0.15, 0.2) is 5.78 Å². The maximum absolute atomic E-state index is 11.9. The summed E-state index contributed by atoms with van der Waals surface area (Å²) in [5.41, 5.74) is 1.59. The van der Waals surface area contributed by atoms with Crippen LogP contribution in [0.2, 0.25) is 5.15 Å². The Labute approximate surface area is 171 Å². The fraction of sp³-hybridized carbons (Fsp3) is 0. The number of carbonyl (C=O) groups excluding carboxylic acids is 1. The van der Waals surface area contributed by atoms with Gasteiger partial charge in [0.1, 0.15) is 5.15 Å². The first kappa shape index (κ1) is 21.2. The number of rotatable bonds is 3. The molecule has 2 aliphatic carbocycles. The smallest absolute Gasteiger partial charge is 0.294 e. The molecule has 2 fully saturated rings. The fourth-order valence-corrected chi connectivity index (χ4v) is 2.55. The van der Waals surface area contributed by atoms with Gasteiger partial charge in [0.25, 0.3) is 0 Å². The third-order valence-corrected chi connectivity index (χ3v) is 3.92. The molecule has 0 saturated heterocycles. The number of halogens is 1. The van der Waals surface area contributed by atoms with Crippen molar-refractivity contribution >= 4 is 34.4 Å². The minimum absolute atomic E-state index is 0. The van der Waals surface area contributed by atoms with Crippen molar-refractivity contribution in [1.82, 2.24) is 4.98 Å². The Balaban J connectivity index is 0.000000351. The second-order valence-corrected chi connectivity index (χ2v) is 5.75. The van der Waals surface area contributed by atoms with Gasteiger partial charge in [0, 0.05) is 10.9 Å². The standard InChI is InChI=1S/C17H11ClNO.C5H5.Fe/c18-17-14(9-10-16(20)12-5-1-2-6-12)11-13-7-3-4-8-15(13)19-17;1-2-4-5-3-1;/h1-11H;1-5H;/q;;+2/b10-9+;;. The van der Waals surface area contributed by atoms with Crippen molar-refractivity contribution in [3.63, 3.8) is 0 Å². The molecular weight excluding hydrogens is 386 g/mol. The number of ketones is 1. The van der Waals surface area contributed by atoms with E-state index in [4.69, 9.17) is 11.6 Å². The second-order valence-electron chi connectivity index (χ2n) is 5.39. The summed E-state index contributed by atoms with van der Waals surface area (Å²) in [7, 11) is 0. The summed E-state index contributed by atoms with van der Waals surface area (Å²) in [5, 5.41) is 1.40. The number of aromatic nitrogens is 1. The second kappa shape index (κ2) is 10.9. The molecule has 1 heterocycles. The number of fused-ring (bicyclic) bond motifs is 1. The van der Waals surface area contributed by atoms with E-state index in [1.54, 1.807) is 18.9 Å². The summed E-state index contributed by atoms with van der Waals surface area (Å²) in [6, 6.07) is 9.67. The first-order chi connectivity index (χ1) is 12.2. The van der Waals surface area contributed by atoms with Gasteiger partial charge in [0.2, 0.25) is 0 Å². The first-order valence-corrected chi connectivity index (χ1v) is 8.28. The predicted molar refractivity (Wildman–Crippen MR) is 103 cm³/mol. The van der Waals surface area contributed by atoms with E-state index in [9.17, 15) is 4.79 Å². The molecule has 0 amide bonds. The van der Waals surface area contributed by atoms with E-state index in [0.29, 0.717) is 11.1 Å². The zero-order chi connectivity index (χ0) is 17.5. The van der Waals surface area contributed by atoms with Gasteiger partial charge in [-0.2, -0.15) is 0 Å². The Hall–Kier alpha value is -1.15. The van der Waals surface area contributed by atoms with Crippen molar-refractivity contribution in [2.75, 3.05) is 0 Å². The van der Waals surface area contributed by atoms with Gasteiger partial charge >= 0.3 is 17.1 Å². The van der Waals surface area contributed by atoms with Crippen molar-refractivity contribution in [3.8, 4) is 0 Å². The van der Waals surface area contributed by atoms with E-state index in [-0.39, 0.29) is 22.9 Å². The van der Waals surface area contributed by atoms with Gasteiger partial charge < -0.3 is 0 Å². The molecule has 0 unspecified atom stereocenters. The normalized spacial score (nSPS) is 17.1. The largest absolute Gasteiger partial charge is 2.00 e. The number of para-hydroxylation sites is 1. The molecule has 4 rings (SSSR count). The third-order valence-electron chi connectivity index (χ3n) is 3.62. The van der Waals surface area contributed by atoms with Crippen LogP contribution in [0.5, 0.6) is 0 Å². The van der Waals surface area contributed by atoms with Crippen molar-refractivity contribution in [1.29, 1.82) is 0 Å². The molecule has 4 heteroatoms. The number of nitrogens with zero attached hydrogens (tertiary/aromatic N) is 1. The van der Waals surface area contributed by atoms with Crippen LogP contribution in [0, 0.1) is 63.7 Å². The number of benzene rings is 1. The van der Waals surface area contributed by atoms with E-state index >= 15 is 0 Å². The molecule has 10 radical (unpaired) electrons. The molecule has 2 aliphatic rings. The minimum Gasteiger partial charge on any atom is -0.294 e. The molecule has 26 heavy (non-hydrogen) atoms. The molecule has 0 bridgehead atoms. The molecule has 0 N–H and O–H groups in total. The summed E-state index contributed by atoms with van der Waals surface area (Å²) < 4.78 is 0. The van der Waals surface area contributed by atoms with Gasteiger partial charge in [-0.1, -0.05) is 29.8 Å². The van der Waals surface area contributed by atoms with Crippen LogP contribution in [0.25, 0.3) is 17.0 Å². The summed E-state index contributed by atoms with van der Waals surface area (Å²) in [6.07, 6.45) is 20.5. The van der Waals surface area contributed by atoms with Crippen LogP contribution in [-0.2, 0) is 21.9 Å². The molecule has 0 aliphatic heterocycles. The molecule has 1 aromatic carbocycles. The molecule has 0 atom stereocenters. The average molecular weight is 402 g/mol. The Morgan fingerprint density at radius 2 is 1.54 bits per heavy atom. The summed E-state index contributed by atoms with van der Waals surface area (Å²) in [6.45, 7) is 0. The van der Waals surface area contributed by atoms with Gasteiger partial charge in [-0.15, -0.1) is 0 Å². The van der Waals surface area contributed by atoms with Gasteiger partial charge in [-0.05, 0) is 82.1 Å². The molecule has 0 spiro atoms. The maximum atomic E-state index is 11.9. The monoisotopic (exact) mass is 401 g/mol. The third kappa shape index (κ3) is 5.94. The van der Waals surface area contributed by atoms with Gasteiger partial charge in [-0.25, -0.2) is 4.98 Å².